The van der Waals surface area contributed by atoms with Crippen molar-refractivity contribution in [3.8, 4) is 17.9 Å². The first-order chi connectivity index (χ1) is 23.9. The number of nitrogen functional groups attached to an aromatic ring is 1. The number of hydrogen-bond acceptors (Lipinski definition) is 9. The fraction of sp³-hybridized carbons (Fsp3) is 0.543. The number of nitrogens with zero attached hydrogens (tertiary/aromatic N) is 6. The van der Waals surface area contributed by atoms with Gasteiger partial charge in [0, 0.05) is 48.8 Å². The van der Waals surface area contributed by atoms with Crippen LogP contribution in [-0.2, 0) is 37.0 Å². The van der Waals surface area contributed by atoms with E-state index in [4.69, 9.17) is 25.2 Å². The average molecular weight is 697 g/mol. The predicted molar refractivity (Wildman–Crippen MR) is 176 cm³/mol. The normalized spacial score (nSPS) is 20.0. The van der Waals surface area contributed by atoms with Crippen LogP contribution in [0.3, 0.4) is 0 Å². The third-order valence-corrected chi connectivity index (χ3v) is 10.5. The smallest absolute Gasteiger partial charge is 0.418 e. The summed E-state index contributed by atoms with van der Waals surface area (Å²) in [5.74, 6) is 3.97. The number of aryl methyl sites for hydroxylation is 1. The Balaban J connectivity index is 1.30. The number of rotatable bonds is 6. The number of alkyl halides is 3. The molecular formula is C35H40F4N8O3. The largest absolute Gasteiger partial charge is 0.461 e. The van der Waals surface area contributed by atoms with Gasteiger partial charge in [-0.3, -0.25) is 14.4 Å². The minimum Gasteiger partial charge on any atom is -0.461 e. The molecule has 2 fully saturated rings. The second-order valence-electron chi connectivity index (χ2n) is 13.5. The number of nitrogens with one attached hydrogen (secondary N) is 1. The molecule has 3 aromatic rings. The van der Waals surface area contributed by atoms with Gasteiger partial charge in [0.2, 0.25) is 0 Å². The molecule has 1 unspecified atom stereocenters. The van der Waals surface area contributed by atoms with E-state index in [1.807, 2.05) is 16.5 Å². The number of carbonyl (C=O) groups is 1. The summed E-state index contributed by atoms with van der Waals surface area (Å²) >= 11 is 0. The fourth-order valence-electron chi connectivity index (χ4n) is 8.10. The van der Waals surface area contributed by atoms with Crippen LogP contribution in [0.5, 0.6) is 6.01 Å². The van der Waals surface area contributed by atoms with Crippen LogP contribution < -0.4 is 20.7 Å². The second-order valence-corrected chi connectivity index (χ2v) is 13.5. The lowest BCUT2D eigenvalue weighted by Gasteiger charge is -2.33. The van der Waals surface area contributed by atoms with Crippen LogP contribution in [-0.4, -0.2) is 69.4 Å². The maximum atomic E-state index is 15.7. The standard InChI is InChI=1S/C35H40F4N8O3/c1-4-8-21-15-23(40)29(36)27(28(21)35(37,38)39)26-16-24-22(18-49-26)31(43-33(42-24)50-19-34-9-5-12-46(34)13-6-10-34)45-11-7-14-47-25(17-45)20(2)30(44-47)32(48)41-3/h15,26H,5-7,9-14,16-19,40H2,1-3H3,(H,41,48). The molecule has 0 bridgehead atoms. The van der Waals surface area contributed by atoms with Gasteiger partial charge in [-0.25, -0.2) is 4.39 Å². The van der Waals surface area contributed by atoms with Crippen LogP contribution in [0.25, 0.3) is 0 Å². The first-order valence-corrected chi connectivity index (χ1v) is 17.0. The maximum Gasteiger partial charge on any atom is 0.418 e. The van der Waals surface area contributed by atoms with Crippen molar-refractivity contribution in [1.29, 1.82) is 0 Å². The zero-order valence-electron chi connectivity index (χ0n) is 28.3. The van der Waals surface area contributed by atoms with Crippen molar-refractivity contribution in [3.05, 3.63) is 56.8 Å². The van der Waals surface area contributed by atoms with E-state index in [2.05, 4.69) is 27.2 Å². The van der Waals surface area contributed by atoms with Gasteiger partial charge in [0.1, 0.15) is 12.4 Å². The van der Waals surface area contributed by atoms with Gasteiger partial charge in [-0.05, 0) is 65.1 Å². The summed E-state index contributed by atoms with van der Waals surface area (Å²) in [7, 11) is 1.56. The predicted octanol–water partition coefficient (Wildman–Crippen LogP) is 4.68. The number of anilines is 2. The molecule has 11 nitrogen and oxygen atoms in total. The first-order valence-electron chi connectivity index (χ1n) is 17.0. The van der Waals surface area contributed by atoms with Crippen LogP contribution in [0.15, 0.2) is 6.07 Å². The topological polar surface area (TPSA) is 124 Å². The minimum absolute atomic E-state index is 0.101. The molecule has 4 aliphatic rings. The molecule has 7 rings (SSSR count). The average Bonchev–Trinajstić information content (AvgIpc) is 3.71. The van der Waals surface area contributed by atoms with E-state index in [1.54, 1.807) is 7.05 Å². The van der Waals surface area contributed by atoms with Gasteiger partial charge in [-0.1, -0.05) is 5.92 Å². The molecule has 2 saturated heterocycles. The number of aromatic nitrogens is 4. The minimum atomic E-state index is -4.92. The molecule has 0 saturated carbocycles. The molecule has 6 heterocycles. The fourth-order valence-corrected chi connectivity index (χ4v) is 8.10. The third kappa shape index (κ3) is 5.91. The van der Waals surface area contributed by atoms with E-state index >= 15 is 4.39 Å². The Bertz CT molecular complexity index is 1890. The maximum absolute atomic E-state index is 15.7. The molecule has 3 N–H and O–H groups in total. The van der Waals surface area contributed by atoms with E-state index in [9.17, 15) is 18.0 Å². The van der Waals surface area contributed by atoms with Gasteiger partial charge in [0.05, 0.1) is 47.4 Å². The van der Waals surface area contributed by atoms with Gasteiger partial charge in [-0.15, -0.1) is 5.92 Å². The molecule has 0 spiro atoms. The van der Waals surface area contributed by atoms with Gasteiger partial charge in [0.15, 0.2) is 11.5 Å². The molecule has 1 amide bonds. The molecule has 50 heavy (non-hydrogen) atoms. The summed E-state index contributed by atoms with van der Waals surface area (Å²) in [4.78, 5) is 26.7. The number of nitrogens with two attached hydrogens (primary N) is 1. The Kier molecular flexibility index (Phi) is 8.88. The van der Waals surface area contributed by atoms with Crippen molar-refractivity contribution in [2.45, 2.75) is 89.9 Å². The number of benzene rings is 1. The van der Waals surface area contributed by atoms with Crippen LogP contribution in [0.4, 0.5) is 29.1 Å². The number of hydrogen-bond donors (Lipinski definition) is 2. The molecule has 2 aromatic heterocycles. The van der Waals surface area contributed by atoms with Gasteiger partial charge >= 0.3 is 12.2 Å². The van der Waals surface area contributed by atoms with Gasteiger partial charge in [0.25, 0.3) is 5.91 Å². The Hall–Kier alpha value is -4.42. The van der Waals surface area contributed by atoms with E-state index in [-0.39, 0.29) is 30.5 Å². The van der Waals surface area contributed by atoms with Gasteiger partial charge in [-0.2, -0.15) is 28.2 Å². The van der Waals surface area contributed by atoms with Crippen molar-refractivity contribution in [1.82, 2.24) is 30.0 Å². The van der Waals surface area contributed by atoms with Gasteiger partial charge < -0.3 is 25.4 Å². The highest BCUT2D eigenvalue weighted by molar-refractivity contribution is 5.93. The summed E-state index contributed by atoms with van der Waals surface area (Å²) in [6, 6.07) is 1.02. The second kappa shape index (κ2) is 13.0. The highest BCUT2D eigenvalue weighted by atomic mass is 19.4. The number of amides is 1. The quantitative estimate of drug-likeness (QED) is 0.215. The Morgan fingerprint density at radius 3 is 2.64 bits per heavy atom. The summed E-state index contributed by atoms with van der Waals surface area (Å²) in [5, 5.41) is 7.21. The van der Waals surface area contributed by atoms with Crippen LogP contribution in [0.1, 0.15) is 94.8 Å². The Morgan fingerprint density at radius 1 is 1.18 bits per heavy atom. The first kappa shape index (κ1) is 34.0. The lowest BCUT2D eigenvalue weighted by atomic mass is 9.91. The zero-order chi connectivity index (χ0) is 35.4. The highest BCUT2D eigenvalue weighted by Gasteiger charge is 2.46. The highest BCUT2D eigenvalue weighted by Crippen LogP contribution is 2.45. The lowest BCUT2D eigenvalue weighted by molar-refractivity contribution is -0.140. The van der Waals surface area contributed by atoms with E-state index in [0.717, 1.165) is 56.1 Å². The van der Waals surface area contributed by atoms with Crippen LogP contribution >= 0.6 is 0 Å². The van der Waals surface area contributed by atoms with Crippen molar-refractivity contribution in [3.63, 3.8) is 0 Å². The number of halogens is 4. The number of carbonyl (C=O) groups excluding carboxylic acids is 1. The van der Waals surface area contributed by atoms with Crippen molar-refractivity contribution in [2.24, 2.45) is 0 Å². The Labute approximate surface area is 287 Å². The molecule has 0 aliphatic carbocycles. The molecule has 15 heteroatoms. The van der Waals surface area contributed by atoms with Crippen LogP contribution in [0, 0.1) is 24.6 Å². The molecular weight excluding hydrogens is 656 g/mol. The SMILES string of the molecule is CC#Cc1cc(N)c(F)c(C2Cc3nc(OCC45CCCN4CCC5)nc(N4CCCn5nc(C(=O)NC)c(C)c5C4)c3CO2)c1C(F)(F)F. The summed E-state index contributed by atoms with van der Waals surface area (Å²) in [6.45, 7) is 7.00. The third-order valence-electron chi connectivity index (χ3n) is 10.5. The molecule has 0 radical (unpaired) electrons. The number of ether oxygens (including phenoxy) is 2. The molecule has 1 atom stereocenters. The molecule has 1 aromatic carbocycles. The Morgan fingerprint density at radius 2 is 1.94 bits per heavy atom. The monoisotopic (exact) mass is 696 g/mol. The van der Waals surface area contributed by atoms with Crippen molar-refractivity contribution < 1.29 is 31.8 Å². The van der Waals surface area contributed by atoms with E-state index < -0.39 is 40.5 Å². The summed E-state index contributed by atoms with van der Waals surface area (Å²) in [5.41, 5.74) is 5.96. The van der Waals surface area contributed by atoms with E-state index in [0.29, 0.717) is 55.4 Å². The lowest BCUT2D eigenvalue weighted by Crippen LogP contribution is -2.43. The summed E-state index contributed by atoms with van der Waals surface area (Å²) < 4.78 is 73.7. The van der Waals surface area contributed by atoms with E-state index in [1.165, 1.54) is 6.92 Å². The molecule has 266 valence electrons. The zero-order valence-corrected chi connectivity index (χ0v) is 28.3. The van der Waals surface area contributed by atoms with Crippen molar-refractivity contribution in [2.75, 3.05) is 43.9 Å². The molecule has 4 aliphatic heterocycles. The summed E-state index contributed by atoms with van der Waals surface area (Å²) in [6.07, 6.45) is -1.60. The van der Waals surface area contributed by atoms with Crippen molar-refractivity contribution >= 4 is 17.4 Å². The van der Waals surface area contributed by atoms with Crippen LogP contribution in [0.2, 0.25) is 0 Å². The number of fused-ring (bicyclic) bond motifs is 3.